The van der Waals surface area contributed by atoms with E-state index in [4.69, 9.17) is 9.47 Å². The molecule has 6 heteroatoms. The summed E-state index contributed by atoms with van der Waals surface area (Å²) in [7, 11) is 0. The van der Waals surface area contributed by atoms with Gasteiger partial charge in [0, 0.05) is 12.3 Å². The van der Waals surface area contributed by atoms with Gasteiger partial charge in [0.1, 0.15) is 12.4 Å². The molecule has 3 rings (SSSR count). The number of amides is 1. The molecule has 1 atom stereocenters. The maximum Gasteiger partial charge on any atom is 0.253 e. The third-order valence-electron chi connectivity index (χ3n) is 4.87. The first-order valence-corrected chi connectivity index (χ1v) is 8.63. The first-order chi connectivity index (χ1) is 11.6. The fraction of sp³-hybridized carbons (Fsp3) is 0.611. The molecule has 0 bridgehead atoms. The van der Waals surface area contributed by atoms with E-state index in [2.05, 4.69) is 5.32 Å². The van der Waals surface area contributed by atoms with Crippen molar-refractivity contribution in [3.05, 3.63) is 30.1 Å². The molecule has 24 heavy (non-hydrogen) atoms. The van der Waals surface area contributed by atoms with Crippen molar-refractivity contribution < 1.29 is 18.7 Å². The highest BCUT2D eigenvalue weighted by Crippen LogP contribution is 2.37. The molecule has 132 valence electrons. The van der Waals surface area contributed by atoms with Crippen molar-refractivity contribution in [2.45, 2.75) is 37.8 Å². The summed E-state index contributed by atoms with van der Waals surface area (Å²) >= 11 is 0. The number of rotatable bonds is 5. The van der Waals surface area contributed by atoms with Gasteiger partial charge < -0.3 is 19.7 Å². The molecule has 0 radical (unpaired) electrons. The van der Waals surface area contributed by atoms with Gasteiger partial charge >= 0.3 is 0 Å². The van der Waals surface area contributed by atoms with Gasteiger partial charge in [-0.15, -0.1) is 0 Å². The number of carbonyl (C=O) groups is 1. The normalized spacial score (nSPS) is 22.7. The van der Waals surface area contributed by atoms with Crippen LogP contribution in [0.3, 0.4) is 0 Å². The number of hydrogen-bond acceptors (Lipinski definition) is 4. The summed E-state index contributed by atoms with van der Waals surface area (Å²) in [6.45, 7) is 4.76. The van der Waals surface area contributed by atoms with Crippen LogP contribution in [0.1, 0.15) is 26.2 Å². The highest BCUT2D eigenvalue weighted by atomic mass is 19.1. The Balaban J connectivity index is 1.79. The van der Waals surface area contributed by atoms with Crippen molar-refractivity contribution in [1.82, 2.24) is 5.32 Å². The van der Waals surface area contributed by atoms with E-state index in [0.29, 0.717) is 18.9 Å². The SMILES string of the molecule is CCOCC(=O)N(c1ccc(F)cc1)[C@@H]1COC2(CCNCC2)C1. The van der Waals surface area contributed by atoms with Gasteiger partial charge in [0.05, 0.1) is 18.2 Å². The largest absolute Gasteiger partial charge is 0.373 e. The van der Waals surface area contributed by atoms with Crippen LogP contribution in [0.2, 0.25) is 0 Å². The molecule has 2 aliphatic rings. The lowest BCUT2D eigenvalue weighted by atomic mass is 9.88. The van der Waals surface area contributed by atoms with Gasteiger partial charge in [0.2, 0.25) is 0 Å². The van der Waals surface area contributed by atoms with Crippen molar-refractivity contribution in [3.8, 4) is 0 Å². The van der Waals surface area contributed by atoms with Gasteiger partial charge in [-0.2, -0.15) is 0 Å². The van der Waals surface area contributed by atoms with Crippen LogP contribution in [-0.4, -0.2) is 50.5 Å². The fourth-order valence-corrected chi connectivity index (χ4v) is 3.64. The van der Waals surface area contributed by atoms with Crippen molar-refractivity contribution in [2.24, 2.45) is 0 Å². The maximum absolute atomic E-state index is 13.3. The van der Waals surface area contributed by atoms with E-state index in [1.54, 1.807) is 17.0 Å². The minimum atomic E-state index is -0.312. The van der Waals surface area contributed by atoms with Gasteiger partial charge in [0.15, 0.2) is 0 Å². The van der Waals surface area contributed by atoms with E-state index in [-0.39, 0.29) is 30.0 Å². The topological polar surface area (TPSA) is 50.8 Å². The third-order valence-corrected chi connectivity index (χ3v) is 4.87. The summed E-state index contributed by atoms with van der Waals surface area (Å²) in [4.78, 5) is 14.4. The second kappa shape index (κ2) is 7.59. The predicted octanol–water partition coefficient (Wildman–Crippen LogP) is 2.11. The lowest BCUT2D eigenvalue weighted by Crippen LogP contribution is -2.45. The molecule has 0 saturated carbocycles. The Morgan fingerprint density at radius 3 is 2.75 bits per heavy atom. The second-order valence-electron chi connectivity index (χ2n) is 6.48. The Hall–Kier alpha value is -1.50. The quantitative estimate of drug-likeness (QED) is 0.895. The first kappa shape index (κ1) is 17.3. The molecule has 0 aliphatic carbocycles. The van der Waals surface area contributed by atoms with Gasteiger partial charge in [-0.1, -0.05) is 0 Å². The van der Waals surface area contributed by atoms with E-state index in [1.165, 1.54) is 12.1 Å². The molecule has 1 N–H and O–H groups in total. The summed E-state index contributed by atoms with van der Waals surface area (Å²) in [6.07, 6.45) is 2.73. The summed E-state index contributed by atoms with van der Waals surface area (Å²) < 4.78 is 24.7. The summed E-state index contributed by atoms with van der Waals surface area (Å²) in [5.74, 6) is -0.420. The standard InChI is InChI=1S/C18H25FN2O3/c1-2-23-13-17(22)21(15-5-3-14(19)4-6-15)16-11-18(24-12-16)7-9-20-10-8-18/h3-6,16,20H,2,7-13H2,1H3/t16-/m0/s1. The molecule has 1 spiro atoms. The van der Waals surface area contributed by atoms with Crippen LogP contribution in [-0.2, 0) is 14.3 Å². The Kier molecular flexibility index (Phi) is 5.48. The maximum atomic E-state index is 13.3. The second-order valence-corrected chi connectivity index (χ2v) is 6.48. The third kappa shape index (κ3) is 3.77. The van der Waals surface area contributed by atoms with Gasteiger partial charge in [0.25, 0.3) is 5.91 Å². The number of nitrogens with one attached hydrogen (secondary N) is 1. The smallest absolute Gasteiger partial charge is 0.253 e. The van der Waals surface area contributed by atoms with Crippen molar-refractivity contribution in [1.29, 1.82) is 0 Å². The molecule has 2 heterocycles. The van der Waals surface area contributed by atoms with Gasteiger partial charge in [-0.25, -0.2) is 4.39 Å². The lowest BCUT2D eigenvalue weighted by molar-refractivity contribution is -0.123. The van der Waals surface area contributed by atoms with Crippen LogP contribution in [0.4, 0.5) is 10.1 Å². The number of benzene rings is 1. The predicted molar refractivity (Wildman–Crippen MR) is 89.6 cm³/mol. The van der Waals surface area contributed by atoms with E-state index in [0.717, 1.165) is 32.4 Å². The highest BCUT2D eigenvalue weighted by molar-refractivity contribution is 5.95. The van der Waals surface area contributed by atoms with Crippen LogP contribution in [0, 0.1) is 5.82 Å². The Labute approximate surface area is 142 Å². The Bertz CT molecular complexity index is 558. The number of ether oxygens (including phenoxy) is 2. The molecule has 2 saturated heterocycles. The zero-order valence-electron chi connectivity index (χ0n) is 14.1. The number of anilines is 1. The molecule has 1 aromatic rings. The molecule has 2 aliphatic heterocycles. The van der Waals surface area contributed by atoms with E-state index < -0.39 is 0 Å². The number of carbonyl (C=O) groups excluding carboxylic acids is 1. The minimum absolute atomic E-state index is 0.0267. The number of piperidine rings is 1. The highest BCUT2D eigenvalue weighted by Gasteiger charge is 2.44. The van der Waals surface area contributed by atoms with Crippen LogP contribution >= 0.6 is 0 Å². The molecule has 1 amide bonds. The average Bonchev–Trinajstić information content (AvgIpc) is 2.98. The summed E-state index contributed by atoms with van der Waals surface area (Å²) in [5, 5.41) is 3.35. The van der Waals surface area contributed by atoms with E-state index >= 15 is 0 Å². The zero-order valence-corrected chi connectivity index (χ0v) is 14.1. The van der Waals surface area contributed by atoms with Crippen molar-refractivity contribution in [2.75, 3.05) is 37.8 Å². The summed E-state index contributed by atoms with van der Waals surface area (Å²) in [6, 6.07) is 6.01. The molecule has 2 fully saturated rings. The zero-order chi connectivity index (χ0) is 17.0. The molecular formula is C18H25FN2O3. The van der Waals surface area contributed by atoms with Crippen molar-refractivity contribution in [3.63, 3.8) is 0 Å². The van der Waals surface area contributed by atoms with E-state index in [1.807, 2.05) is 6.92 Å². The van der Waals surface area contributed by atoms with Crippen LogP contribution in [0.5, 0.6) is 0 Å². The molecule has 0 aromatic heterocycles. The molecule has 1 aromatic carbocycles. The number of nitrogens with zero attached hydrogens (tertiary/aromatic N) is 1. The number of hydrogen-bond donors (Lipinski definition) is 1. The van der Waals surface area contributed by atoms with Gasteiger partial charge in [-0.05, 0) is 63.5 Å². The first-order valence-electron chi connectivity index (χ1n) is 8.63. The summed E-state index contributed by atoms with van der Waals surface area (Å²) in [5.41, 5.74) is 0.556. The van der Waals surface area contributed by atoms with Gasteiger partial charge in [-0.3, -0.25) is 4.79 Å². The van der Waals surface area contributed by atoms with E-state index in [9.17, 15) is 9.18 Å². The lowest BCUT2D eigenvalue weighted by Gasteiger charge is -2.34. The Morgan fingerprint density at radius 2 is 2.08 bits per heavy atom. The molecular weight excluding hydrogens is 311 g/mol. The van der Waals surface area contributed by atoms with Crippen LogP contribution in [0.25, 0.3) is 0 Å². The van der Waals surface area contributed by atoms with Crippen LogP contribution < -0.4 is 10.2 Å². The fourth-order valence-electron chi connectivity index (χ4n) is 3.64. The van der Waals surface area contributed by atoms with Crippen LogP contribution in [0.15, 0.2) is 24.3 Å². The number of halogens is 1. The molecule has 5 nitrogen and oxygen atoms in total. The molecule has 0 unspecified atom stereocenters. The van der Waals surface area contributed by atoms with Crippen molar-refractivity contribution >= 4 is 11.6 Å². The minimum Gasteiger partial charge on any atom is -0.373 e. The Morgan fingerprint density at radius 1 is 1.38 bits per heavy atom. The monoisotopic (exact) mass is 336 g/mol. The average molecular weight is 336 g/mol.